The molecule has 2 aliphatic rings. The molecule has 0 radical (unpaired) electrons. The van der Waals surface area contributed by atoms with E-state index in [9.17, 15) is 14.4 Å². The molecule has 0 saturated carbocycles. The molecule has 1 amide bonds. The zero-order valence-electron chi connectivity index (χ0n) is 18.1. The van der Waals surface area contributed by atoms with Gasteiger partial charge in [0.2, 0.25) is 5.78 Å². The van der Waals surface area contributed by atoms with E-state index in [1.54, 1.807) is 36.4 Å². The largest absolute Gasteiger partial charge is 0.321 e. The van der Waals surface area contributed by atoms with Crippen LogP contribution >= 0.6 is 0 Å². The highest BCUT2D eigenvalue weighted by molar-refractivity contribution is 6.50. The number of ketones is 2. The van der Waals surface area contributed by atoms with Gasteiger partial charge in [-0.1, -0.05) is 97.1 Å². The van der Waals surface area contributed by atoms with Crippen LogP contribution in [0.25, 0.3) is 0 Å². The van der Waals surface area contributed by atoms with Crippen LogP contribution in [0.4, 0.5) is 11.4 Å². The second kappa shape index (κ2) is 7.25. The quantitative estimate of drug-likeness (QED) is 0.286. The zero-order valence-corrected chi connectivity index (χ0v) is 18.1. The molecule has 34 heavy (non-hydrogen) atoms. The van der Waals surface area contributed by atoms with E-state index in [4.69, 9.17) is 0 Å². The topological polar surface area (TPSA) is 66.5 Å². The molecule has 2 heterocycles. The van der Waals surface area contributed by atoms with E-state index >= 15 is 0 Å². The minimum Gasteiger partial charge on any atom is -0.321 e. The lowest BCUT2D eigenvalue weighted by molar-refractivity contribution is -0.136. The van der Waals surface area contributed by atoms with Crippen LogP contribution in [0.15, 0.2) is 115 Å². The summed E-state index contributed by atoms with van der Waals surface area (Å²) in [7, 11) is 0. The molecule has 4 aromatic carbocycles. The van der Waals surface area contributed by atoms with Gasteiger partial charge in [0.25, 0.3) is 5.91 Å². The minimum absolute atomic E-state index is 0.373. The van der Waals surface area contributed by atoms with Gasteiger partial charge < -0.3 is 10.2 Å². The van der Waals surface area contributed by atoms with Crippen LogP contribution in [0.5, 0.6) is 0 Å². The molecule has 164 valence electrons. The summed E-state index contributed by atoms with van der Waals surface area (Å²) < 4.78 is 0. The Morgan fingerprint density at radius 1 is 0.676 bits per heavy atom. The Kier molecular flexibility index (Phi) is 4.29. The summed E-state index contributed by atoms with van der Waals surface area (Å²) in [6, 6.07) is 34.9. The van der Waals surface area contributed by atoms with Crippen LogP contribution in [0.3, 0.4) is 0 Å². The smallest absolute Gasteiger partial charge is 0.291 e. The van der Waals surface area contributed by atoms with E-state index in [0.29, 0.717) is 22.4 Å². The predicted molar refractivity (Wildman–Crippen MR) is 129 cm³/mol. The number of rotatable bonds is 4. The molecule has 2 aliphatic heterocycles. The molecule has 1 saturated heterocycles. The molecular weight excluding hydrogens is 424 g/mol. The van der Waals surface area contributed by atoms with Crippen LogP contribution < -0.4 is 10.2 Å². The number of carbonyl (C=O) groups excluding carboxylic acids is 3. The second-order valence-corrected chi connectivity index (χ2v) is 8.49. The first kappa shape index (κ1) is 20.1. The molecule has 1 N–H and O–H groups in total. The van der Waals surface area contributed by atoms with E-state index in [2.05, 4.69) is 5.32 Å². The molecule has 1 fully saturated rings. The Hall–Kier alpha value is -4.51. The summed E-state index contributed by atoms with van der Waals surface area (Å²) in [5.74, 6) is -1.94. The Labute approximate surface area is 196 Å². The number of Topliss-reactive ketones (excluding diaryl/α,β-unsaturated/α-hetero) is 2. The first-order valence-electron chi connectivity index (χ1n) is 11.1. The Bertz CT molecular complexity index is 1440. The van der Waals surface area contributed by atoms with Gasteiger partial charge in [-0.25, -0.2) is 0 Å². The molecule has 0 aromatic heterocycles. The molecule has 0 bridgehead atoms. The third kappa shape index (κ3) is 2.36. The Morgan fingerprint density at radius 3 is 1.91 bits per heavy atom. The van der Waals surface area contributed by atoms with Gasteiger partial charge in [-0.2, -0.15) is 0 Å². The fourth-order valence-electron chi connectivity index (χ4n) is 5.56. The van der Waals surface area contributed by atoms with Crippen LogP contribution in [0.1, 0.15) is 21.5 Å². The van der Waals surface area contributed by atoms with Gasteiger partial charge in [0, 0.05) is 28.1 Å². The maximum atomic E-state index is 14.5. The minimum atomic E-state index is -1.81. The Morgan fingerprint density at radius 2 is 1.24 bits per heavy atom. The number of amides is 1. The lowest BCUT2D eigenvalue weighted by Gasteiger charge is -2.44. The van der Waals surface area contributed by atoms with Crippen molar-refractivity contribution in [3.63, 3.8) is 0 Å². The van der Waals surface area contributed by atoms with Gasteiger partial charge in [-0.15, -0.1) is 0 Å². The highest BCUT2D eigenvalue weighted by atomic mass is 16.2. The zero-order chi connectivity index (χ0) is 23.3. The molecule has 2 atom stereocenters. The fourth-order valence-corrected chi connectivity index (χ4v) is 5.56. The number of nitrogens with one attached hydrogen (secondary N) is 1. The second-order valence-electron chi connectivity index (χ2n) is 8.49. The lowest BCUT2D eigenvalue weighted by Crippen LogP contribution is -2.62. The van der Waals surface area contributed by atoms with Crippen molar-refractivity contribution < 1.29 is 14.4 Å². The third-order valence-electron chi connectivity index (χ3n) is 6.85. The summed E-state index contributed by atoms with van der Waals surface area (Å²) in [6.45, 7) is 0. The molecule has 6 rings (SSSR count). The Balaban J connectivity index is 1.79. The summed E-state index contributed by atoms with van der Waals surface area (Å²) in [4.78, 5) is 43.7. The summed E-state index contributed by atoms with van der Waals surface area (Å²) in [6.07, 6.45) is 0. The molecular formula is C29H20N2O3. The van der Waals surface area contributed by atoms with Crippen LogP contribution in [-0.4, -0.2) is 17.5 Å². The summed E-state index contributed by atoms with van der Waals surface area (Å²) in [5.41, 5.74) is -0.276. The molecule has 5 heteroatoms. The van der Waals surface area contributed by atoms with Crippen molar-refractivity contribution in [3.05, 3.63) is 132 Å². The van der Waals surface area contributed by atoms with Gasteiger partial charge in [-0.05, 0) is 18.2 Å². The maximum absolute atomic E-state index is 14.5. The SMILES string of the molecule is O=C1NC2(c3ccccc3)N(c3ccccc3)c3ccccc3C2(C(=O)c2ccccc2)C1=O. The first-order valence-corrected chi connectivity index (χ1v) is 11.1. The number of hydrogen-bond donors (Lipinski definition) is 1. The maximum Gasteiger partial charge on any atom is 0.291 e. The van der Waals surface area contributed by atoms with E-state index in [-0.39, 0.29) is 0 Å². The van der Waals surface area contributed by atoms with Crippen LogP contribution in [-0.2, 0) is 20.7 Å². The van der Waals surface area contributed by atoms with Gasteiger partial charge in [0.1, 0.15) is 0 Å². The van der Waals surface area contributed by atoms with Gasteiger partial charge in [0.05, 0.1) is 0 Å². The number of nitrogens with zero attached hydrogens (tertiary/aromatic N) is 1. The van der Waals surface area contributed by atoms with Crippen LogP contribution in [0.2, 0.25) is 0 Å². The number of anilines is 2. The van der Waals surface area contributed by atoms with Crippen LogP contribution in [0, 0.1) is 0 Å². The standard InChI is InChI=1S/C29H20N2O3/c32-25(20-12-4-1-5-13-20)28-23-18-10-11-19-24(23)31(22-16-8-3-9-17-22)29(28,30-27(34)26(28)33)21-14-6-2-7-15-21/h1-19H,(H,30,34). The monoisotopic (exact) mass is 444 g/mol. The van der Waals surface area contributed by atoms with Crippen molar-refractivity contribution in [2.24, 2.45) is 0 Å². The fraction of sp³-hybridized carbons (Fsp3) is 0.0690. The average molecular weight is 444 g/mol. The first-order chi connectivity index (χ1) is 16.6. The molecule has 5 nitrogen and oxygen atoms in total. The third-order valence-corrected chi connectivity index (χ3v) is 6.85. The number of fused-ring (bicyclic) bond motifs is 3. The summed E-state index contributed by atoms with van der Waals surface area (Å²) in [5, 5.41) is 3.00. The van der Waals surface area contributed by atoms with Crippen molar-refractivity contribution in [2.75, 3.05) is 4.90 Å². The number of benzene rings is 4. The molecule has 0 aliphatic carbocycles. The van der Waals surface area contributed by atoms with E-state index in [1.165, 1.54) is 0 Å². The van der Waals surface area contributed by atoms with E-state index in [0.717, 1.165) is 5.69 Å². The van der Waals surface area contributed by atoms with Crippen molar-refractivity contribution >= 4 is 28.8 Å². The highest BCUT2D eigenvalue weighted by Gasteiger charge is 2.76. The van der Waals surface area contributed by atoms with Crippen molar-refractivity contribution in [1.29, 1.82) is 0 Å². The lowest BCUT2D eigenvalue weighted by atomic mass is 9.65. The number of hydrogen-bond acceptors (Lipinski definition) is 4. The molecule has 0 spiro atoms. The van der Waals surface area contributed by atoms with Gasteiger partial charge >= 0.3 is 0 Å². The van der Waals surface area contributed by atoms with Crippen molar-refractivity contribution in [2.45, 2.75) is 11.1 Å². The molecule has 4 aromatic rings. The molecule has 2 unspecified atom stereocenters. The van der Waals surface area contributed by atoms with E-state index < -0.39 is 28.6 Å². The van der Waals surface area contributed by atoms with Crippen molar-refractivity contribution in [3.8, 4) is 0 Å². The number of para-hydroxylation sites is 2. The normalized spacial score (nSPS) is 22.8. The van der Waals surface area contributed by atoms with Gasteiger partial charge in [0.15, 0.2) is 16.9 Å². The summed E-state index contributed by atoms with van der Waals surface area (Å²) >= 11 is 0. The average Bonchev–Trinajstić information content (AvgIpc) is 3.30. The number of carbonyl (C=O) groups is 3. The van der Waals surface area contributed by atoms with E-state index in [1.807, 2.05) is 83.8 Å². The highest BCUT2D eigenvalue weighted by Crippen LogP contribution is 2.62. The predicted octanol–water partition coefficient (Wildman–Crippen LogP) is 4.51. The van der Waals surface area contributed by atoms with Crippen molar-refractivity contribution in [1.82, 2.24) is 5.32 Å². The van der Waals surface area contributed by atoms with Gasteiger partial charge in [-0.3, -0.25) is 14.4 Å².